The van der Waals surface area contributed by atoms with Crippen molar-refractivity contribution in [3.63, 3.8) is 0 Å². The molecule has 2 N–H and O–H groups in total. The highest BCUT2D eigenvalue weighted by molar-refractivity contribution is 7.80. The number of ether oxygens (including phenoxy) is 1. The van der Waals surface area contributed by atoms with E-state index in [2.05, 4.69) is 10.6 Å². The molecule has 0 aliphatic carbocycles. The number of nitrogens with one attached hydrogen (secondary N) is 2. The number of benzene rings is 3. The van der Waals surface area contributed by atoms with Crippen LogP contribution in [0.15, 0.2) is 66.7 Å². The Morgan fingerprint density at radius 3 is 2.54 bits per heavy atom. The lowest BCUT2D eigenvalue weighted by molar-refractivity contribution is 0.0977. The van der Waals surface area contributed by atoms with E-state index in [0.717, 1.165) is 16.5 Å². The predicted molar refractivity (Wildman–Crippen MR) is 110 cm³/mol. The Balaban J connectivity index is 1.70. The zero-order valence-electron chi connectivity index (χ0n) is 14.7. The zero-order chi connectivity index (χ0) is 18.5. The molecule has 0 saturated carbocycles. The van der Waals surface area contributed by atoms with Crippen molar-refractivity contribution >= 4 is 39.7 Å². The molecule has 0 atom stereocenters. The molecule has 0 fully saturated rings. The van der Waals surface area contributed by atoms with Gasteiger partial charge in [0.15, 0.2) is 5.11 Å². The van der Waals surface area contributed by atoms with Crippen molar-refractivity contribution in [2.45, 2.75) is 20.0 Å². The average molecular weight is 364 g/mol. The van der Waals surface area contributed by atoms with Gasteiger partial charge in [0.1, 0.15) is 5.75 Å². The third-order valence-electron chi connectivity index (χ3n) is 3.73. The maximum atomic E-state index is 12.5. The van der Waals surface area contributed by atoms with Crippen LogP contribution in [0.2, 0.25) is 0 Å². The standard InChI is InChI=1S/C21H20N2O2S/c1-14(2)25-17-10-5-9-16(13-17)20(24)23-21(26)22-19-12-6-8-15-7-3-4-11-18(15)19/h3-14H,1-2H3,(H2,22,23,24,26). The summed E-state index contributed by atoms with van der Waals surface area (Å²) >= 11 is 5.30. The Kier molecular flexibility index (Phi) is 5.49. The summed E-state index contributed by atoms with van der Waals surface area (Å²) in [5, 5.41) is 8.21. The summed E-state index contributed by atoms with van der Waals surface area (Å²) in [6, 6.07) is 20.9. The largest absolute Gasteiger partial charge is 0.491 e. The van der Waals surface area contributed by atoms with Gasteiger partial charge in [0.2, 0.25) is 0 Å². The van der Waals surface area contributed by atoms with Crippen LogP contribution < -0.4 is 15.4 Å². The van der Waals surface area contributed by atoms with E-state index in [1.165, 1.54) is 0 Å². The summed E-state index contributed by atoms with van der Waals surface area (Å²) in [5.41, 5.74) is 1.34. The van der Waals surface area contributed by atoms with Crippen LogP contribution in [0.25, 0.3) is 10.8 Å². The quantitative estimate of drug-likeness (QED) is 0.656. The van der Waals surface area contributed by atoms with E-state index in [1.54, 1.807) is 18.2 Å². The Labute approximate surface area is 158 Å². The van der Waals surface area contributed by atoms with Crippen molar-refractivity contribution in [1.29, 1.82) is 0 Å². The van der Waals surface area contributed by atoms with Gasteiger partial charge in [-0.25, -0.2) is 0 Å². The molecule has 0 radical (unpaired) electrons. The summed E-state index contributed by atoms with van der Waals surface area (Å²) in [6.07, 6.45) is 0.0439. The minimum Gasteiger partial charge on any atom is -0.491 e. The van der Waals surface area contributed by atoms with Gasteiger partial charge in [-0.15, -0.1) is 0 Å². The Bertz CT molecular complexity index is 948. The van der Waals surface area contributed by atoms with Crippen molar-refractivity contribution in [1.82, 2.24) is 5.32 Å². The number of carbonyl (C=O) groups excluding carboxylic acids is 1. The smallest absolute Gasteiger partial charge is 0.257 e. The SMILES string of the molecule is CC(C)Oc1cccc(C(=O)NC(=S)Nc2cccc3ccccc23)c1. The number of hydrogen-bond acceptors (Lipinski definition) is 3. The molecule has 5 heteroatoms. The van der Waals surface area contributed by atoms with Crippen molar-refractivity contribution in [3.8, 4) is 5.75 Å². The van der Waals surface area contributed by atoms with Gasteiger partial charge in [0, 0.05) is 16.6 Å². The van der Waals surface area contributed by atoms with Crippen LogP contribution in [0.3, 0.4) is 0 Å². The van der Waals surface area contributed by atoms with E-state index in [4.69, 9.17) is 17.0 Å². The molecule has 132 valence electrons. The van der Waals surface area contributed by atoms with Crippen LogP contribution in [0.1, 0.15) is 24.2 Å². The summed E-state index contributed by atoms with van der Waals surface area (Å²) in [6.45, 7) is 3.88. The van der Waals surface area contributed by atoms with E-state index in [1.807, 2.05) is 62.4 Å². The first-order chi connectivity index (χ1) is 12.5. The van der Waals surface area contributed by atoms with E-state index in [9.17, 15) is 4.79 Å². The first kappa shape index (κ1) is 17.9. The van der Waals surface area contributed by atoms with Crippen molar-refractivity contribution < 1.29 is 9.53 Å². The Morgan fingerprint density at radius 1 is 1.00 bits per heavy atom. The van der Waals surface area contributed by atoms with E-state index in [0.29, 0.717) is 11.3 Å². The molecule has 1 amide bonds. The number of rotatable bonds is 4. The first-order valence-electron chi connectivity index (χ1n) is 8.40. The maximum Gasteiger partial charge on any atom is 0.257 e. The second kappa shape index (κ2) is 7.97. The summed E-state index contributed by atoms with van der Waals surface area (Å²) < 4.78 is 5.63. The molecular formula is C21H20N2O2S. The second-order valence-electron chi connectivity index (χ2n) is 6.13. The van der Waals surface area contributed by atoms with Crippen LogP contribution in [0.5, 0.6) is 5.75 Å². The monoisotopic (exact) mass is 364 g/mol. The normalized spacial score (nSPS) is 10.6. The fourth-order valence-electron chi connectivity index (χ4n) is 2.65. The molecule has 4 nitrogen and oxygen atoms in total. The maximum absolute atomic E-state index is 12.5. The highest BCUT2D eigenvalue weighted by atomic mass is 32.1. The minimum absolute atomic E-state index is 0.0439. The van der Waals surface area contributed by atoms with Gasteiger partial charge < -0.3 is 10.1 Å². The average Bonchev–Trinajstić information content (AvgIpc) is 2.61. The molecule has 0 aromatic heterocycles. The molecular weight excluding hydrogens is 344 g/mol. The second-order valence-corrected chi connectivity index (χ2v) is 6.54. The topological polar surface area (TPSA) is 50.4 Å². The van der Waals surface area contributed by atoms with Gasteiger partial charge in [0.05, 0.1) is 6.10 Å². The lowest BCUT2D eigenvalue weighted by atomic mass is 10.1. The highest BCUT2D eigenvalue weighted by Crippen LogP contribution is 2.23. The summed E-state index contributed by atoms with van der Waals surface area (Å²) in [7, 11) is 0. The lowest BCUT2D eigenvalue weighted by Crippen LogP contribution is -2.34. The number of thiocarbonyl (C=S) groups is 1. The molecule has 0 unspecified atom stereocenters. The Morgan fingerprint density at radius 2 is 1.73 bits per heavy atom. The number of fused-ring (bicyclic) bond motifs is 1. The highest BCUT2D eigenvalue weighted by Gasteiger charge is 2.10. The van der Waals surface area contributed by atoms with E-state index < -0.39 is 0 Å². The third kappa shape index (κ3) is 4.37. The number of anilines is 1. The summed E-state index contributed by atoms with van der Waals surface area (Å²) in [4.78, 5) is 12.5. The zero-order valence-corrected chi connectivity index (χ0v) is 15.5. The van der Waals surface area contributed by atoms with Gasteiger partial charge in [0.25, 0.3) is 5.91 Å². The molecule has 0 bridgehead atoms. The fourth-order valence-corrected chi connectivity index (χ4v) is 2.85. The molecule has 0 saturated heterocycles. The number of hydrogen-bond donors (Lipinski definition) is 2. The first-order valence-corrected chi connectivity index (χ1v) is 8.80. The van der Waals surface area contributed by atoms with Crippen LogP contribution in [0, 0.1) is 0 Å². The Hall–Kier alpha value is -2.92. The van der Waals surface area contributed by atoms with Crippen LogP contribution in [0.4, 0.5) is 5.69 Å². The van der Waals surface area contributed by atoms with Gasteiger partial charge >= 0.3 is 0 Å². The predicted octanol–water partition coefficient (Wildman–Crippen LogP) is 4.75. The van der Waals surface area contributed by atoms with E-state index >= 15 is 0 Å². The van der Waals surface area contributed by atoms with Gasteiger partial charge in [-0.05, 0) is 55.7 Å². The fraction of sp³-hybridized carbons (Fsp3) is 0.143. The van der Waals surface area contributed by atoms with Gasteiger partial charge in [-0.2, -0.15) is 0 Å². The van der Waals surface area contributed by atoms with Gasteiger partial charge in [-0.1, -0.05) is 42.5 Å². The van der Waals surface area contributed by atoms with Crippen LogP contribution in [-0.4, -0.2) is 17.1 Å². The van der Waals surface area contributed by atoms with Crippen molar-refractivity contribution in [2.75, 3.05) is 5.32 Å². The molecule has 0 spiro atoms. The van der Waals surface area contributed by atoms with Gasteiger partial charge in [-0.3, -0.25) is 10.1 Å². The molecule has 0 aliphatic heterocycles. The number of amides is 1. The molecule has 3 aromatic carbocycles. The van der Waals surface area contributed by atoms with Crippen molar-refractivity contribution in [3.05, 3.63) is 72.3 Å². The molecule has 0 aliphatic rings. The third-order valence-corrected chi connectivity index (χ3v) is 3.94. The van der Waals surface area contributed by atoms with Crippen molar-refractivity contribution in [2.24, 2.45) is 0 Å². The van der Waals surface area contributed by atoms with Crippen LogP contribution >= 0.6 is 12.2 Å². The minimum atomic E-state index is -0.281. The van der Waals surface area contributed by atoms with E-state index in [-0.39, 0.29) is 17.1 Å². The molecule has 26 heavy (non-hydrogen) atoms. The summed E-state index contributed by atoms with van der Waals surface area (Å²) in [5.74, 6) is 0.373. The molecule has 3 rings (SSSR count). The number of carbonyl (C=O) groups is 1. The lowest BCUT2D eigenvalue weighted by Gasteiger charge is -2.13. The molecule has 3 aromatic rings. The molecule has 0 heterocycles. The van der Waals surface area contributed by atoms with Crippen LogP contribution in [-0.2, 0) is 0 Å².